The van der Waals surface area contributed by atoms with E-state index in [1.54, 1.807) is 59.3 Å². The maximum atomic E-state index is 11.8. The number of carbonyl (C=O) groups excluding carboxylic acids is 1. The molecule has 23 heavy (non-hydrogen) atoms. The van der Waals surface area contributed by atoms with Gasteiger partial charge in [0.1, 0.15) is 5.60 Å². The first-order valence-electron chi connectivity index (χ1n) is 7.13. The van der Waals surface area contributed by atoms with Gasteiger partial charge in [-0.2, -0.15) is 4.79 Å². The highest BCUT2D eigenvalue weighted by atomic mass is 16.6. The Kier molecular flexibility index (Phi) is 6.54. The summed E-state index contributed by atoms with van der Waals surface area (Å²) >= 11 is 0. The molecule has 0 amide bonds. The second-order valence-corrected chi connectivity index (χ2v) is 5.77. The lowest BCUT2D eigenvalue weighted by molar-refractivity contribution is -0.151. The monoisotopic (exact) mass is 318 g/mol. The number of ether oxygens (including phenoxy) is 3. The van der Waals surface area contributed by atoms with E-state index in [0.717, 1.165) is 5.56 Å². The Morgan fingerprint density at radius 3 is 2.39 bits per heavy atom. The molecule has 0 aliphatic carbocycles. The third kappa shape index (κ3) is 5.96. The molecule has 0 N–H and O–H groups in total. The van der Waals surface area contributed by atoms with Crippen LogP contribution in [0.2, 0.25) is 0 Å². The van der Waals surface area contributed by atoms with E-state index in [1.807, 2.05) is 6.07 Å². The van der Waals surface area contributed by atoms with Gasteiger partial charge in [0.25, 0.3) is 0 Å². The minimum Gasteiger partial charge on any atom is -0.493 e. The molecule has 1 aromatic carbocycles. The van der Waals surface area contributed by atoms with Gasteiger partial charge in [0.05, 0.1) is 20.6 Å². The van der Waals surface area contributed by atoms with E-state index in [0.29, 0.717) is 11.5 Å². The molecule has 6 heteroatoms. The number of hydrogen-bond donors (Lipinski definition) is 0. The van der Waals surface area contributed by atoms with Crippen LogP contribution < -0.4 is 9.47 Å². The molecule has 0 saturated carbocycles. The topological polar surface area (TPSA) is 81.2 Å². The number of esters is 1. The number of methoxy groups -OCH3 is 2. The molecule has 0 bridgehead atoms. The van der Waals surface area contributed by atoms with Gasteiger partial charge in [0, 0.05) is 0 Å². The molecule has 0 unspecified atom stereocenters. The Morgan fingerprint density at radius 2 is 1.87 bits per heavy atom. The summed E-state index contributed by atoms with van der Waals surface area (Å²) in [6.07, 6.45) is 3.65. The van der Waals surface area contributed by atoms with Gasteiger partial charge in [0.15, 0.2) is 11.5 Å². The summed E-state index contributed by atoms with van der Waals surface area (Å²) in [5, 5.41) is 0. The van der Waals surface area contributed by atoms with Crippen molar-refractivity contribution < 1.29 is 23.8 Å². The van der Waals surface area contributed by atoms with Crippen molar-refractivity contribution in [2.75, 3.05) is 14.2 Å². The summed E-state index contributed by atoms with van der Waals surface area (Å²) in [5.74, 6) is 0.603. The standard InChI is InChI=1S/C17H22N2O4/c1-17(2,3)23-16(20)13(19-18)8-6-7-12-9-10-14(21-4)15(11-12)22-5/h6-7,9-11H,8H2,1-5H3/b7-6+. The smallest absolute Gasteiger partial charge is 0.417 e. The van der Waals surface area contributed by atoms with Gasteiger partial charge in [-0.1, -0.05) is 18.2 Å². The summed E-state index contributed by atoms with van der Waals surface area (Å²) < 4.78 is 15.5. The molecular weight excluding hydrogens is 296 g/mol. The molecule has 124 valence electrons. The number of carbonyl (C=O) groups is 1. The van der Waals surface area contributed by atoms with Gasteiger partial charge >= 0.3 is 11.7 Å². The summed E-state index contributed by atoms with van der Waals surface area (Å²) in [6, 6.07) is 5.44. The molecule has 0 saturated heterocycles. The molecule has 0 atom stereocenters. The molecule has 0 fully saturated rings. The Balaban J connectivity index is 2.78. The van der Waals surface area contributed by atoms with Gasteiger partial charge in [-0.3, -0.25) is 0 Å². The minimum absolute atomic E-state index is 0.0587. The van der Waals surface area contributed by atoms with E-state index in [2.05, 4.69) is 4.79 Å². The molecule has 0 aliphatic rings. The lowest BCUT2D eigenvalue weighted by atomic mass is 10.1. The molecule has 0 aliphatic heterocycles. The van der Waals surface area contributed by atoms with Gasteiger partial charge < -0.3 is 19.7 Å². The second-order valence-electron chi connectivity index (χ2n) is 5.77. The maximum Gasteiger partial charge on any atom is 0.417 e. The quantitative estimate of drug-likeness (QED) is 0.349. The highest BCUT2D eigenvalue weighted by Crippen LogP contribution is 2.28. The minimum atomic E-state index is -0.642. The lowest BCUT2D eigenvalue weighted by Crippen LogP contribution is -2.29. The van der Waals surface area contributed by atoms with E-state index in [9.17, 15) is 4.79 Å². The van der Waals surface area contributed by atoms with Crippen molar-refractivity contribution in [1.82, 2.24) is 0 Å². The Hall–Kier alpha value is -2.59. The van der Waals surface area contributed by atoms with Crippen molar-refractivity contribution in [3.8, 4) is 11.5 Å². The highest BCUT2D eigenvalue weighted by Gasteiger charge is 2.26. The molecule has 0 spiro atoms. The van der Waals surface area contributed by atoms with Crippen LogP contribution in [0.4, 0.5) is 0 Å². The normalized spacial score (nSPS) is 11.0. The zero-order valence-electron chi connectivity index (χ0n) is 14.1. The van der Waals surface area contributed by atoms with Crippen LogP contribution in [0.15, 0.2) is 24.3 Å². The first kappa shape index (κ1) is 18.5. The average Bonchev–Trinajstić information content (AvgIpc) is 2.49. The molecular formula is C17H22N2O4. The SMILES string of the molecule is COc1ccc(/C=C/CC(=[N+]=[N-])C(=O)OC(C)(C)C)cc1OC. The van der Waals surface area contributed by atoms with E-state index in [4.69, 9.17) is 19.7 Å². The molecule has 0 radical (unpaired) electrons. The van der Waals surface area contributed by atoms with Crippen molar-refractivity contribution in [3.63, 3.8) is 0 Å². The number of hydrogen-bond acceptors (Lipinski definition) is 4. The van der Waals surface area contributed by atoms with E-state index < -0.39 is 11.6 Å². The average molecular weight is 318 g/mol. The van der Waals surface area contributed by atoms with E-state index in [1.165, 1.54) is 0 Å². The van der Waals surface area contributed by atoms with Gasteiger partial charge in [-0.05, 0) is 38.5 Å². The predicted molar refractivity (Wildman–Crippen MR) is 87.7 cm³/mol. The molecule has 1 rings (SSSR count). The van der Waals surface area contributed by atoms with Gasteiger partial charge in [0.2, 0.25) is 0 Å². The van der Waals surface area contributed by atoms with Crippen LogP contribution in [-0.4, -0.2) is 36.3 Å². The maximum absolute atomic E-state index is 11.8. The zero-order valence-corrected chi connectivity index (χ0v) is 14.1. The predicted octanol–water partition coefficient (Wildman–Crippen LogP) is 3.12. The van der Waals surface area contributed by atoms with Crippen LogP contribution in [-0.2, 0) is 9.53 Å². The fraction of sp³-hybridized carbons (Fsp3) is 0.412. The Labute approximate surface area is 136 Å². The Morgan fingerprint density at radius 1 is 1.22 bits per heavy atom. The first-order valence-corrected chi connectivity index (χ1v) is 7.13. The van der Waals surface area contributed by atoms with Crippen molar-refractivity contribution >= 4 is 17.8 Å². The third-order valence-electron chi connectivity index (χ3n) is 2.78. The Bertz CT molecular complexity index is 638. The van der Waals surface area contributed by atoms with Gasteiger partial charge in [-0.15, -0.1) is 0 Å². The van der Waals surface area contributed by atoms with Crippen LogP contribution in [0.5, 0.6) is 11.5 Å². The number of nitrogens with zero attached hydrogens (tertiary/aromatic N) is 2. The fourth-order valence-electron chi connectivity index (χ4n) is 1.77. The first-order chi connectivity index (χ1) is 10.8. The molecule has 6 nitrogen and oxygen atoms in total. The summed E-state index contributed by atoms with van der Waals surface area (Å²) in [4.78, 5) is 14.8. The van der Waals surface area contributed by atoms with E-state index in [-0.39, 0.29) is 12.1 Å². The lowest BCUT2D eigenvalue weighted by Gasteiger charge is -2.17. The molecule has 0 heterocycles. The summed E-state index contributed by atoms with van der Waals surface area (Å²) in [7, 11) is 3.13. The van der Waals surface area contributed by atoms with Crippen LogP contribution >= 0.6 is 0 Å². The van der Waals surface area contributed by atoms with Crippen molar-refractivity contribution in [2.45, 2.75) is 32.8 Å². The second kappa shape index (κ2) is 8.15. The number of benzene rings is 1. The van der Waals surface area contributed by atoms with E-state index >= 15 is 0 Å². The zero-order chi connectivity index (χ0) is 17.5. The van der Waals surface area contributed by atoms with Crippen molar-refractivity contribution in [3.05, 3.63) is 35.4 Å². The summed E-state index contributed by atoms with van der Waals surface area (Å²) in [5.41, 5.74) is 9.13. The largest absolute Gasteiger partial charge is 0.493 e. The van der Waals surface area contributed by atoms with Crippen molar-refractivity contribution in [1.29, 1.82) is 0 Å². The van der Waals surface area contributed by atoms with Crippen LogP contribution in [0, 0.1) is 0 Å². The van der Waals surface area contributed by atoms with Crippen molar-refractivity contribution in [2.24, 2.45) is 0 Å². The number of rotatable bonds is 6. The molecule has 0 aromatic heterocycles. The van der Waals surface area contributed by atoms with Crippen LogP contribution in [0.1, 0.15) is 32.8 Å². The van der Waals surface area contributed by atoms with Gasteiger partial charge in [-0.25, -0.2) is 4.79 Å². The highest BCUT2D eigenvalue weighted by molar-refractivity contribution is 6.34. The summed E-state index contributed by atoms with van der Waals surface area (Å²) in [6.45, 7) is 5.25. The number of allylic oxidation sites excluding steroid dienone is 1. The van der Waals surface area contributed by atoms with Crippen LogP contribution in [0.3, 0.4) is 0 Å². The third-order valence-corrected chi connectivity index (χ3v) is 2.78. The van der Waals surface area contributed by atoms with Crippen LogP contribution in [0.25, 0.3) is 11.6 Å². The fourth-order valence-corrected chi connectivity index (χ4v) is 1.77. The molecule has 1 aromatic rings.